The molecular weight excluding hydrogens is 300 g/mol. The first-order valence-corrected chi connectivity index (χ1v) is 8.01. The molecule has 2 rings (SSSR count). The number of methoxy groups -OCH3 is 2. The van der Waals surface area contributed by atoms with Crippen molar-refractivity contribution in [1.82, 2.24) is 9.97 Å². The summed E-state index contributed by atoms with van der Waals surface area (Å²) in [5.41, 5.74) is 2.37. The number of thioether (sulfide) groups is 1. The first-order valence-electron chi connectivity index (χ1n) is 7.02. The minimum Gasteiger partial charge on any atom is -0.493 e. The molecule has 1 aromatic carbocycles. The molecule has 1 aromatic heterocycles. The number of H-pyrrole nitrogens is 1. The SMILES string of the molecule is CCSc1nc(Cc2ccc(OC)c(OC)c2)c(C)c(=O)[nH]1. The van der Waals surface area contributed by atoms with Gasteiger partial charge in [-0.1, -0.05) is 24.8 Å². The Morgan fingerprint density at radius 3 is 2.59 bits per heavy atom. The minimum absolute atomic E-state index is 0.0820. The summed E-state index contributed by atoms with van der Waals surface area (Å²) in [5, 5.41) is 0.661. The Labute approximate surface area is 134 Å². The second-order valence-electron chi connectivity index (χ2n) is 4.74. The van der Waals surface area contributed by atoms with Gasteiger partial charge in [0.15, 0.2) is 16.7 Å². The molecule has 1 N–H and O–H groups in total. The first kappa shape index (κ1) is 16.4. The van der Waals surface area contributed by atoms with Crippen LogP contribution in [0, 0.1) is 6.92 Å². The fraction of sp³-hybridized carbons (Fsp3) is 0.375. The zero-order valence-corrected chi connectivity index (χ0v) is 14.0. The predicted molar refractivity (Wildman–Crippen MR) is 88.3 cm³/mol. The Balaban J connectivity index is 2.36. The van der Waals surface area contributed by atoms with Crippen LogP contribution in [0.5, 0.6) is 11.5 Å². The van der Waals surface area contributed by atoms with E-state index < -0.39 is 0 Å². The van der Waals surface area contributed by atoms with Crippen molar-refractivity contribution in [2.45, 2.75) is 25.4 Å². The van der Waals surface area contributed by atoms with E-state index in [0.29, 0.717) is 28.6 Å². The Kier molecular flexibility index (Phi) is 5.49. The maximum Gasteiger partial charge on any atom is 0.254 e. The van der Waals surface area contributed by atoms with E-state index in [0.717, 1.165) is 17.0 Å². The van der Waals surface area contributed by atoms with E-state index in [4.69, 9.17) is 9.47 Å². The lowest BCUT2D eigenvalue weighted by atomic mass is 10.1. The zero-order chi connectivity index (χ0) is 16.1. The standard InChI is InChI=1S/C16H20N2O3S/c1-5-22-16-17-12(10(2)15(19)18-16)8-11-6-7-13(20-3)14(9-11)21-4/h6-7,9H,5,8H2,1-4H3,(H,17,18,19). The van der Waals surface area contributed by atoms with E-state index in [1.807, 2.05) is 25.1 Å². The van der Waals surface area contributed by atoms with E-state index in [9.17, 15) is 4.79 Å². The third-order valence-electron chi connectivity index (χ3n) is 3.33. The van der Waals surface area contributed by atoms with E-state index in [-0.39, 0.29) is 5.56 Å². The van der Waals surface area contributed by atoms with Gasteiger partial charge >= 0.3 is 0 Å². The van der Waals surface area contributed by atoms with Crippen LogP contribution in [0.1, 0.15) is 23.7 Å². The molecule has 0 fully saturated rings. The van der Waals surface area contributed by atoms with Crippen molar-refractivity contribution in [2.75, 3.05) is 20.0 Å². The Hall–Kier alpha value is -1.95. The summed E-state index contributed by atoms with van der Waals surface area (Å²) in [4.78, 5) is 19.3. The van der Waals surface area contributed by atoms with Crippen molar-refractivity contribution in [1.29, 1.82) is 0 Å². The average Bonchev–Trinajstić information content (AvgIpc) is 2.52. The van der Waals surface area contributed by atoms with Crippen molar-refractivity contribution in [3.63, 3.8) is 0 Å². The first-order chi connectivity index (χ1) is 10.6. The molecule has 0 atom stereocenters. The van der Waals surface area contributed by atoms with Crippen LogP contribution in [0.15, 0.2) is 28.2 Å². The molecule has 0 amide bonds. The van der Waals surface area contributed by atoms with E-state index in [1.165, 1.54) is 11.8 Å². The fourth-order valence-corrected chi connectivity index (χ4v) is 2.73. The van der Waals surface area contributed by atoms with Gasteiger partial charge in [0.2, 0.25) is 0 Å². The number of aromatic amines is 1. The van der Waals surface area contributed by atoms with Gasteiger partial charge in [0.25, 0.3) is 5.56 Å². The molecule has 0 aliphatic rings. The predicted octanol–water partition coefficient (Wildman–Crippen LogP) is 2.80. The van der Waals surface area contributed by atoms with E-state index in [2.05, 4.69) is 9.97 Å². The summed E-state index contributed by atoms with van der Waals surface area (Å²) in [7, 11) is 3.21. The lowest BCUT2D eigenvalue weighted by Gasteiger charge is -2.11. The molecule has 118 valence electrons. The molecule has 0 spiro atoms. The number of benzene rings is 1. The summed E-state index contributed by atoms with van der Waals surface area (Å²) < 4.78 is 10.5. The quantitative estimate of drug-likeness (QED) is 0.655. The number of hydrogen-bond donors (Lipinski definition) is 1. The second kappa shape index (κ2) is 7.35. The number of rotatable bonds is 6. The Morgan fingerprint density at radius 2 is 1.95 bits per heavy atom. The molecule has 0 bridgehead atoms. The normalized spacial score (nSPS) is 10.5. The molecule has 2 aromatic rings. The van der Waals surface area contributed by atoms with Gasteiger partial charge in [-0.3, -0.25) is 4.79 Å². The molecule has 0 unspecified atom stereocenters. The summed E-state index contributed by atoms with van der Waals surface area (Å²) in [5.74, 6) is 2.22. The highest BCUT2D eigenvalue weighted by molar-refractivity contribution is 7.99. The van der Waals surface area contributed by atoms with Crippen molar-refractivity contribution in [2.24, 2.45) is 0 Å². The zero-order valence-electron chi connectivity index (χ0n) is 13.2. The third kappa shape index (κ3) is 3.62. The van der Waals surface area contributed by atoms with Crippen LogP contribution in [0.3, 0.4) is 0 Å². The molecule has 0 saturated carbocycles. The van der Waals surface area contributed by atoms with E-state index in [1.54, 1.807) is 21.1 Å². The summed E-state index contributed by atoms with van der Waals surface area (Å²) in [6.07, 6.45) is 0.577. The molecular formula is C16H20N2O3S. The van der Waals surface area contributed by atoms with Crippen molar-refractivity contribution in [3.05, 3.63) is 45.4 Å². The van der Waals surface area contributed by atoms with Crippen LogP contribution in [0.2, 0.25) is 0 Å². The van der Waals surface area contributed by atoms with Crippen LogP contribution in [0.4, 0.5) is 0 Å². The third-order valence-corrected chi connectivity index (χ3v) is 4.09. The van der Waals surface area contributed by atoms with Crippen LogP contribution in [-0.2, 0) is 6.42 Å². The number of hydrogen-bond acceptors (Lipinski definition) is 5. The maximum atomic E-state index is 12.0. The van der Waals surface area contributed by atoms with Gasteiger partial charge < -0.3 is 14.5 Å². The van der Waals surface area contributed by atoms with Gasteiger partial charge in [-0.25, -0.2) is 4.98 Å². The molecule has 0 saturated heterocycles. The fourth-order valence-electron chi connectivity index (χ4n) is 2.12. The van der Waals surface area contributed by atoms with Gasteiger partial charge in [-0.15, -0.1) is 0 Å². The van der Waals surface area contributed by atoms with Gasteiger partial charge in [0, 0.05) is 12.0 Å². The summed E-state index contributed by atoms with van der Waals surface area (Å²) in [6.45, 7) is 3.82. The highest BCUT2D eigenvalue weighted by atomic mass is 32.2. The molecule has 1 heterocycles. The minimum atomic E-state index is -0.0820. The molecule has 0 radical (unpaired) electrons. The number of nitrogens with one attached hydrogen (secondary N) is 1. The van der Waals surface area contributed by atoms with Crippen molar-refractivity contribution < 1.29 is 9.47 Å². The van der Waals surface area contributed by atoms with Crippen LogP contribution in [-0.4, -0.2) is 29.9 Å². The summed E-state index contributed by atoms with van der Waals surface area (Å²) in [6, 6.07) is 5.72. The number of nitrogens with zero attached hydrogens (tertiary/aromatic N) is 1. The Morgan fingerprint density at radius 1 is 1.23 bits per heavy atom. The molecule has 6 heteroatoms. The highest BCUT2D eigenvalue weighted by Gasteiger charge is 2.11. The van der Waals surface area contributed by atoms with Crippen LogP contribution in [0.25, 0.3) is 0 Å². The largest absolute Gasteiger partial charge is 0.493 e. The van der Waals surface area contributed by atoms with Gasteiger partial charge in [-0.2, -0.15) is 0 Å². The van der Waals surface area contributed by atoms with Gasteiger partial charge in [-0.05, 0) is 30.4 Å². The van der Waals surface area contributed by atoms with Crippen LogP contribution >= 0.6 is 11.8 Å². The van der Waals surface area contributed by atoms with Gasteiger partial charge in [0.1, 0.15) is 0 Å². The molecule has 0 aliphatic carbocycles. The highest BCUT2D eigenvalue weighted by Crippen LogP contribution is 2.28. The smallest absolute Gasteiger partial charge is 0.254 e. The molecule has 0 aliphatic heterocycles. The number of ether oxygens (including phenoxy) is 2. The van der Waals surface area contributed by atoms with Crippen molar-refractivity contribution >= 4 is 11.8 Å². The Bertz CT molecular complexity index is 713. The topological polar surface area (TPSA) is 64.2 Å². The monoisotopic (exact) mass is 320 g/mol. The molecule has 22 heavy (non-hydrogen) atoms. The summed E-state index contributed by atoms with van der Waals surface area (Å²) >= 11 is 1.53. The maximum absolute atomic E-state index is 12.0. The van der Waals surface area contributed by atoms with Crippen LogP contribution < -0.4 is 15.0 Å². The lowest BCUT2D eigenvalue weighted by Crippen LogP contribution is -2.16. The van der Waals surface area contributed by atoms with Gasteiger partial charge in [0.05, 0.1) is 19.9 Å². The average molecular weight is 320 g/mol. The lowest BCUT2D eigenvalue weighted by molar-refractivity contribution is 0.354. The van der Waals surface area contributed by atoms with E-state index >= 15 is 0 Å². The van der Waals surface area contributed by atoms with Crippen molar-refractivity contribution in [3.8, 4) is 11.5 Å². The molecule has 5 nitrogen and oxygen atoms in total. The number of aromatic nitrogens is 2. The second-order valence-corrected chi connectivity index (χ2v) is 5.99.